The number of ether oxygens (including phenoxy) is 2. The molecule has 1 unspecified atom stereocenters. The van der Waals surface area contributed by atoms with Gasteiger partial charge in [0.2, 0.25) is 0 Å². The Hall–Kier alpha value is -3.06. The van der Waals surface area contributed by atoms with Crippen LogP contribution in [0.3, 0.4) is 0 Å². The number of benzene rings is 3. The molecule has 0 aliphatic rings. The van der Waals surface area contributed by atoms with Gasteiger partial charge in [0, 0.05) is 5.69 Å². The lowest BCUT2D eigenvalue weighted by Gasteiger charge is -2.21. The Morgan fingerprint density at radius 1 is 0.935 bits per heavy atom. The van der Waals surface area contributed by atoms with Gasteiger partial charge in [0.1, 0.15) is 17.5 Å². The van der Waals surface area contributed by atoms with Crippen LogP contribution in [0.25, 0.3) is 0 Å². The number of hydrogen-bond donors (Lipinski definition) is 1. The second-order valence-electron chi connectivity index (χ2n) is 6.92. The van der Waals surface area contributed by atoms with Gasteiger partial charge in [-0.15, -0.1) is 0 Å². The number of para-hydroxylation sites is 1. The van der Waals surface area contributed by atoms with Gasteiger partial charge in [0.15, 0.2) is 0 Å². The Morgan fingerprint density at radius 3 is 2.29 bits per heavy atom. The SMILES string of the molecule is CCOc1ccc(C(COCc2ccc(F)c(Nc3ccccc3)c2)C(F)(F)F)cc1. The first-order chi connectivity index (χ1) is 14.9. The molecule has 0 amide bonds. The first-order valence-electron chi connectivity index (χ1n) is 9.84. The fraction of sp³-hybridized carbons (Fsp3) is 0.250. The summed E-state index contributed by atoms with van der Waals surface area (Å²) in [6, 6.07) is 19.1. The maximum absolute atomic E-state index is 14.1. The molecule has 0 bridgehead atoms. The van der Waals surface area contributed by atoms with Gasteiger partial charge in [-0.1, -0.05) is 36.4 Å². The lowest BCUT2D eigenvalue weighted by molar-refractivity contribution is -0.163. The van der Waals surface area contributed by atoms with Gasteiger partial charge in [0.05, 0.1) is 25.5 Å². The van der Waals surface area contributed by atoms with Crippen molar-refractivity contribution in [1.29, 1.82) is 0 Å². The number of alkyl halides is 3. The average molecular weight is 433 g/mol. The predicted octanol–water partition coefficient (Wildman–Crippen LogP) is 6.83. The molecule has 31 heavy (non-hydrogen) atoms. The van der Waals surface area contributed by atoms with Crippen molar-refractivity contribution >= 4 is 11.4 Å². The van der Waals surface area contributed by atoms with E-state index in [1.54, 1.807) is 19.1 Å². The zero-order valence-electron chi connectivity index (χ0n) is 17.0. The van der Waals surface area contributed by atoms with E-state index in [0.29, 0.717) is 23.6 Å². The summed E-state index contributed by atoms with van der Waals surface area (Å²) in [5.41, 5.74) is 1.59. The molecule has 0 aliphatic carbocycles. The molecule has 3 nitrogen and oxygen atoms in total. The lowest BCUT2D eigenvalue weighted by Crippen LogP contribution is -2.25. The van der Waals surface area contributed by atoms with E-state index in [-0.39, 0.29) is 17.9 Å². The van der Waals surface area contributed by atoms with E-state index in [9.17, 15) is 17.6 Å². The van der Waals surface area contributed by atoms with Gasteiger partial charge in [0.25, 0.3) is 0 Å². The first kappa shape index (κ1) is 22.6. The quantitative estimate of drug-likeness (QED) is 0.375. The Bertz CT molecular complexity index is 960. The highest BCUT2D eigenvalue weighted by Gasteiger charge is 2.40. The van der Waals surface area contributed by atoms with Crippen LogP contribution in [0.1, 0.15) is 24.0 Å². The van der Waals surface area contributed by atoms with Crippen molar-refractivity contribution in [3.05, 3.63) is 89.7 Å². The Labute approximate surface area is 178 Å². The van der Waals surface area contributed by atoms with E-state index in [1.807, 2.05) is 18.2 Å². The van der Waals surface area contributed by atoms with Crippen LogP contribution in [0.15, 0.2) is 72.8 Å². The molecule has 3 rings (SSSR count). The molecule has 0 saturated carbocycles. The van der Waals surface area contributed by atoms with Crippen LogP contribution in [0.2, 0.25) is 0 Å². The summed E-state index contributed by atoms with van der Waals surface area (Å²) in [6.45, 7) is 1.62. The molecule has 0 fully saturated rings. The van der Waals surface area contributed by atoms with Crippen molar-refractivity contribution < 1.29 is 27.0 Å². The summed E-state index contributed by atoms with van der Waals surface area (Å²) in [6.07, 6.45) is -4.46. The second kappa shape index (κ2) is 10.3. The third-order valence-corrected chi connectivity index (χ3v) is 4.63. The summed E-state index contributed by atoms with van der Waals surface area (Å²) >= 11 is 0. The summed E-state index contributed by atoms with van der Waals surface area (Å²) in [7, 11) is 0. The molecule has 0 heterocycles. The Morgan fingerprint density at radius 2 is 1.65 bits per heavy atom. The summed E-state index contributed by atoms with van der Waals surface area (Å²) < 4.78 is 65.5. The van der Waals surface area contributed by atoms with E-state index in [1.165, 1.54) is 42.5 Å². The molecule has 1 N–H and O–H groups in total. The standard InChI is InChI=1S/C24H23F4NO2/c1-2-31-20-11-9-18(10-12-20)21(24(26,27)28)16-30-15-17-8-13-22(25)23(14-17)29-19-6-4-3-5-7-19/h3-14,21,29H,2,15-16H2,1H3. The topological polar surface area (TPSA) is 30.5 Å². The highest BCUT2D eigenvalue weighted by Crippen LogP contribution is 2.36. The van der Waals surface area contributed by atoms with Crippen LogP contribution in [0.5, 0.6) is 5.75 Å². The zero-order valence-corrected chi connectivity index (χ0v) is 17.0. The number of hydrogen-bond acceptors (Lipinski definition) is 3. The fourth-order valence-electron chi connectivity index (χ4n) is 3.07. The average Bonchev–Trinajstić information content (AvgIpc) is 2.74. The number of anilines is 2. The first-order valence-corrected chi connectivity index (χ1v) is 9.84. The van der Waals surface area contributed by atoms with Crippen LogP contribution in [0.4, 0.5) is 28.9 Å². The monoisotopic (exact) mass is 433 g/mol. The van der Waals surface area contributed by atoms with Crippen molar-refractivity contribution in [1.82, 2.24) is 0 Å². The minimum atomic E-state index is -4.46. The Kier molecular flexibility index (Phi) is 7.52. The molecule has 0 saturated heterocycles. The van der Waals surface area contributed by atoms with Crippen molar-refractivity contribution in [2.24, 2.45) is 0 Å². The van der Waals surface area contributed by atoms with Crippen LogP contribution in [0, 0.1) is 5.82 Å². The minimum absolute atomic E-state index is 0.0760. The molecular weight excluding hydrogens is 410 g/mol. The smallest absolute Gasteiger partial charge is 0.397 e. The van der Waals surface area contributed by atoms with Crippen molar-refractivity contribution in [2.75, 3.05) is 18.5 Å². The van der Waals surface area contributed by atoms with Gasteiger partial charge in [-0.2, -0.15) is 13.2 Å². The molecule has 3 aromatic rings. The third kappa shape index (κ3) is 6.46. The second-order valence-corrected chi connectivity index (χ2v) is 6.92. The molecular formula is C24H23F4NO2. The van der Waals surface area contributed by atoms with Gasteiger partial charge < -0.3 is 14.8 Å². The number of nitrogens with one attached hydrogen (secondary N) is 1. The van der Waals surface area contributed by atoms with E-state index in [4.69, 9.17) is 9.47 Å². The molecule has 7 heteroatoms. The van der Waals surface area contributed by atoms with Crippen LogP contribution in [-0.2, 0) is 11.3 Å². The zero-order chi connectivity index (χ0) is 22.3. The van der Waals surface area contributed by atoms with E-state index in [0.717, 1.165) is 0 Å². The van der Waals surface area contributed by atoms with Crippen molar-refractivity contribution in [3.8, 4) is 5.75 Å². The largest absolute Gasteiger partial charge is 0.494 e. The van der Waals surface area contributed by atoms with Crippen molar-refractivity contribution in [2.45, 2.75) is 25.6 Å². The van der Waals surface area contributed by atoms with E-state index >= 15 is 0 Å². The van der Waals surface area contributed by atoms with Crippen LogP contribution < -0.4 is 10.1 Å². The van der Waals surface area contributed by atoms with Crippen molar-refractivity contribution in [3.63, 3.8) is 0 Å². The predicted molar refractivity (Wildman–Crippen MR) is 112 cm³/mol. The van der Waals surface area contributed by atoms with E-state index in [2.05, 4.69) is 5.32 Å². The maximum atomic E-state index is 14.1. The van der Waals surface area contributed by atoms with Crippen LogP contribution in [-0.4, -0.2) is 19.4 Å². The molecule has 3 aromatic carbocycles. The summed E-state index contributed by atoms with van der Waals surface area (Å²) in [4.78, 5) is 0. The highest BCUT2D eigenvalue weighted by molar-refractivity contribution is 5.60. The number of halogens is 4. The summed E-state index contributed by atoms with van der Waals surface area (Å²) in [5.74, 6) is -1.72. The van der Waals surface area contributed by atoms with Gasteiger partial charge >= 0.3 is 6.18 Å². The number of rotatable bonds is 9. The molecule has 0 aliphatic heterocycles. The molecule has 0 radical (unpaired) electrons. The molecule has 0 spiro atoms. The van der Waals surface area contributed by atoms with Gasteiger partial charge in [-0.05, 0) is 54.4 Å². The normalized spacial score (nSPS) is 12.4. The minimum Gasteiger partial charge on any atom is -0.494 e. The maximum Gasteiger partial charge on any atom is 0.397 e. The Balaban J connectivity index is 1.65. The lowest BCUT2D eigenvalue weighted by atomic mass is 9.99. The van der Waals surface area contributed by atoms with E-state index < -0.39 is 24.5 Å². The van der Waals surface area contributed by atoms with Gasteiger partial charge in [-0.3, -0.25) is 0 Å². The molecule has 164 valence electrons. The third-order valence-electron chi connectivity index (χ3n) is 4.63. The fourth-order valence-corrected chi connectivity index (χ4v) is 3.07. The summed E-state index contributed by atoms with van der Waals surface area (Å²) in [5, 5.41) is 2.96. The molecule has 0 aromatic heterocycles. The van der Waals surface area contributed by atoms with Crippen LogP contribution >= 0.6 is 0 Å². The van der Waals surface area contributed by atoms with Gasteiger partial charge in [-0.25, -0.2) is 4.39 Å². The molecule has 1 atom stereocenters. The highest BCUT2D eigenvalue weighted by atomic mass is 19.4.